The number of hydrogen-bond donors (Lipinski definition) is 3. The first-order chi connectivity index (χ1) is 11.5. The van der Waals surface area contributed by atoms with Gasteiger partial charge in [0.05, 0.1) is 6.54 Å². The normalized spacial score (nSPS) is 11.5. The summed E-state index contributed by atoms with van der Waals surface area (Å²) in [5.74, 6) is 0.512. The first kappa shape index (κ1) is 19.9. The fraction of sp³-hybridized carbons (Fsp3) is 0.529. The summed E-state index contributed by atoms with van der Waals surface area (Å²) in [6.07, 6.45) is 0.856. The third-order valence-electron chi connectivity index (χ3n) is 2.98. The van der Waals surface area contributed by atoms with Gasteiger partial charge in [0.2, 0.25) is 5.91 Å². The maximum Gasteiger partial charge on any atom is 0.243 e. The van der Waals surface area contributed by atoms with E-state index in [4.69, 9.17) is 4.74 Å². The van der Waals surface area contributed by atoms with E-state index in [2.05, 4.69) is 34.8 Å². The molecule has 0 aliphatic rings. The van der Waals surface area contributed by atoms with Gasteiger partial charge in [-0.05, 0) is 36.6 Å². The summed E-state index contributed by atoms with van der Waals surface area (Å²) in [5, 5.41) is 8.71. The molecule has 0 bridgehead atoms. The third-order valence-corrected chi connectivity index (χ3v) is 2.98. The van der Waals surface area contributed by atoms with E-state index >= 15 is 0 Å². The second-order valence-electron chi connectivity index (χ2n) is 5.73. The van der Waals surface area contributed by atoms with Crippen molar-refractivity contribution < 1.29 is 13.9 Å². The van der Waals surface area contributed by atoms with Crippen molar-refractivity contribution in [2.24, 2.45) is 10.9 Å². The molecule has 134 valence electrons. The van der Waals surface area contributed by atoms with Crippen LogP contribution in [-0.4, -0.2) is 45.2 Å². The van der Waals surface area contributed by atoms with Crippen LogP contribution in [0.25, 0.3) is 0 Å². The molecule has 24 heavy (non-hydrogen) atoms. The van der Waals surface area contributed by atoms with Gasteiger partial charge in [0.15, 0.2) is 5.96 Å². The molecule has 0 spiro atoms. The fourth-order valence-electron chi connectivity index (χ4n) is 1.82. The van der Waals surface area contributed by atoms with E-state index < -0.39 is 0 Å². The Balaban J connectivity index is 2.18. The van der Waals surface area contributed by atoms with Crippen LogP contribution in [0.5, 0.6) is 0 Å². The average Bonchev–Trinajstić information content (AvgIpc) is 2.55. The molecular weight excluding hydrogens is 311 g/mol. The predicted octanol–water partition coefficient (Wildman–Crippen LogP) is 1.99. The molecule has 1 amide bonds. The van der Waals surface area contributed by atoms with Crippen molar-refractivity contribution >= 4 is 17.6 Å². The van der Waals surface area contributed by atoms with Crippen LogP contribution in [0.15, 0.2) is 29.3 Å². The van der Waals surface area contributed by atoms with Crippen LogP contribution in [-0.2, 0) is 9.53 Å². The van der Waals surface area contributed by atoms with Gasteiger partial charge in [0, 0.05) is 32.5 Å². The number of benzene rings is 1. The minimum absolute atomic E-state index is 0.0703. The topological polar surface area (TPSA) is 74.8 Å². The zero-order valence-corrected chi connectivity index (χ0v) is 14.6. The number of guanidine groups is 1. The van der Waals surface area contributed by atoms with E-state index in [1.54, 1.807) is 7.05 Å². The smallest absolute Gasteiger partial charge is 0.243 e. The number of hydrogen-bond acceptors (Lipinski definition) is 3. The molecule has 0 aliphatic heterocycles. The summed E-state index contributed by atoms with van der Waals surface area (Å²) >= 11 is 0. The SMILES string of the molecule is CN=C(NCCCOCC(C)C)NCC(=O)Nc1ccc(F)cc1. The lowest BCUT2D eigenvalue weighted by Crippen LogP contribution is -2.41. The molecule has 0 aliphatic carbocycles. The summed E-state index contributed by atoms with van der Waals surface area (Å²) in [4.78, 5) is 15.9. The molecule has 0 unspecified atom stereocenters. The van der Waals surface area contributed by atoms with Crippen LogP contribution < -0.4 is 16.0 Å². The van der Waals surface area contributed by atoms with Gasteiger partial charge in [-0.2, -0.15) is 0 Å². The molecule has 3 N–H and O–H groups in total. The number of carbonyl (C=O) groups is 1. The molecule has 0 aromatic heterocycles. The Morgan fingerprint density at radius 3 is 2.58 bits per heavy atom. The lowest BCUT2D eigenvalue weighted by atomic mass is 10.2. The van der Waals surface area contributed by atoms with Gasteiger partial charge >= 0.3 is 0 Å². The highest BCUT2D eigenvalue weighted by molar-refractivity contribution is 5.94. The number of ether oxygens (including phenoxy) is 1. The zero-order valence-electron chi connectivity index (χ0n) is 14.6. The van der Waals surface area contributed by atoms with E-state index in [1.165, 1.54) is 24.3 Å². The van der Waals surface area contributed by atoms with E-state index in [-0.39, 0.29) is 18.3 Å². The van der Waals surface area contributed by atoms with Gasteiger partial charge < -0.3 is 20.7 Å². The predicted molar refractivity (Wildman–Crippen MR) is 94.7 cm³/mol. The molecule has 6 nitrogen and oxygen atoms in total. The number of rotatable bonds is 9. The Morgan fingerprint density at radius 2 is 1.96 bits per heavy atom. The number of nitrogens with zero attached hydrogens (tertiary/aromatic N) is 1. The Bertz CT molecular complexity index is 518. The van der Waals surface area contributed by atoms with Crippen LogP contribution in [0.3, 0.4) is 0 Å². The maximum atomic E-state index is 12.8. The van der Waals surface area contributed by atoms with E-state index in [1.807, 2.05) is 0 Å². The summed E-state index contributed by atoms with van der Waals surface area (Å²) in [5.41, 5.74) is 0.549. The van der Waals surface area contributed by atoms with Crippen LogP contribution in [0, 0.1) is 11.7 Å². The number of nitrogens with one attached hydrogen (secondary N) is 3. The molecule has 0 radical (unpaired) electrons. The van der Waals surface area contributed by atoms with Gasteiger partial charge in [-0.25, -0.2) is 4.39 Å². The summed E-state index contributed by atoms with van der Waals surface area (Å²) in [7, 11) is 1.64. The van der Waals surface area contributed by atoms with E-state index in [9.17, 15) is 9.18 Å². The number of amides is 1. The van der Waals surface area contributed by atoms with Crippen molar-refractivity contribution in [2.75, 3.05) is 38.7 Å². The Kier molecular flexibility index (Phi) is 9.45. The number of halogens is 1. The highest BCUT2D eigenvalue weighted by Crippen LogP contribution is 2.07. The molecule has 0 saturated carbocycles. The molecule has 1 aromatic rings. The zero-order chi connectivity index (χ0) is 17.8. The van der Waals surface area contributed by atoms with Crippen molar-refractivity contribution in [3.05, 3.63) is 30.1 Å². The highest BCUT2D eigenvalue weighted by atomic mass is 19.1. The van der Waals surface area contributed by atoms with Gasteiger partial charge in [0.1, 0.15) is 5.82 Å². The van der Waals surface area contributed by atoms with Gasteiger partial charge in [0.25, 0.3) is 0 Å². The maximum absolute atomic E-state index is 12.8. The van der Waals surface area contributed by atoms with Crippen molar-refractivity contribution in [1.82, 2.24) is 10.6 Å². The molecule has 1 aromatic carbocycles. The Labute approximate surface area is 142 Å². The fourth-order valence-corrected chi connectivity index (χ4v) is 1.82. The summed E-state index contributed by atoms with van der Waals surface area (Å²) in [6, 6.07) is 5.62. The summed E-state index contributed by atoms with van der Waals surface area (Å²) in [6.45, 7) is 6.45. The quantitative estimate of drug-likeness (QED) is 0.366. The van der Waals surface area contributed by atoms with Crippen molar-refractivity contribution in [2.45, 2.75) is 20.3 Å². The van der Waals surface area contributed by atoms with Gasteiger partial charge in [-0.15, -0.1) is 0 Å². The third kappa shape index (κ3) is 9.09. The average molecular weight is 338 g/mol. The monoisotopic (exact) mass is 338 g/mol. The van der Waals surface area contributed by atoms with Crippen LogP contribution >= 0.6 is 0 Å². The number of carbonyl (C=O) groups excluding carboxylic acids is 1. The lowest BCUT2D eigenvalue weighted by Gasteiger charge is -2.12. The van der Waals surface area contributed by atoms with Crippen LogP contribution in [0.4, 0.5) is 10.1 Å². The van der Waals surface area contributed by atoms with Crippen molar-refractivity contribution in [3.63, 3.8) is 0 Å². The lowest BCUT2D eigenvalue weighted by molar-refractivity contribution is -0.115. The molecule has 0 heterocycles. The number of anilines is 1. The Hall–Kier alpha value is -2.15. The Morgan fingerprint density at radius 1 is 1.25 bits per heavy atom. The van der Waals surface area contributed by atoms with E-state index in [0.29, 0.717) is 30.7 Å². The first-order valence-corrected chi connectivity index (χ1v) is 8.09. The van der Waals surface area contributed by atoms with Crippen LogP contribution in [0.2, 0.25) is 0 Å². The van der Waals surface area contributed by atoms with Crippen molar-refractivity contribution in [3.8, 4) is 0 Å². The molecular formula is C17H27FN4O2. The second-order valence-corrected chi connectivity index (χ2v) is 5.73. The first-order valence-electron chi connectivity index (χ1n) is 8.09. The molecule has 1 rings (SSSR count). The molecule has 0 fully saturated rings. The highest BCUT2D eigenvalue weighted by Gasteiger charge is 2.04. The minimum atomic E-state index is -0.340. The van der Waals surface area contributed by atoms with E-state index in [0.717, 1.165) is 13.0 Å². The molecule has 7 heteroatoms. The van der Waals surface area contributed by atoms with Crippen LogP contribution in [0.1, 0.15) is 20.3 Å². The molecule has 0 atom stereocenters. The van der Waals surface area contributed by atoms with Crippen molar-refractivity contribution in [1.29, 1.82) is 0 Å². The second kappa shape index (κ2) is 11.4. The largest absolute Gasteiger partial charge is 0.381 e. The standard InChI is InChI=1S/C17H27FN4O2/c1-13(2)12-24-10-4-9-20-17(19-3)21-11-16(23)22-15-7-5-14(18)6-8-15/h5-8,13H,4,9-12H2,1-3H3,(H,22,23)(H2,19,20,21). The number of aliphatic imine (C=N–C) groups is 1. The van der Waals surface area contributed by atoms with Gasteiger partial charge in [-0.3, -0.25) is 9.79 Å². The van der Waals surface area contributed by atoms with Gasteiger partial charge in [-0.1, -0.05) is 13.8 Å². The molecule has 0 saturated heterocycles. The minimum Gasteiger partial charge on any atom is -0.381 e. The summed E-state index contributed by atoms with van der Waals surface area (Å²) < 4.78 is 18.3.